The molecule has 0 spiro atoms. The smallest absolute Gasteiger partial charge is 0.138 e. The molecule has 94 valence electrons. The minimum absolute atomic E-state index is 0.632. The zero-order chi connectivity index (χ0) is 13.0. The molecular formula is C15H16ClNO. The second kappa shape index (κ2) is 5.89. The molecule has 2 aromatic rings. The van der Waals surface area contributed by atoms with E-state index in [0.29, 0.717) is 10.8 Å². The zero-order valence-electron chi connectivity index (χ0n) is 10.5. The van der Waals surface area contributed by atoms with Crippen molar-refractivity contribution in [2.24, 2.45) is 0 Å². The van der Waals surface area contributed by atoms with E-state index in [1.165, 1.54) is 5.56 Å². The van der Waals surface area contributed by atoms with Gasteiger partial charge in [0, 0.05) is 6.54 Å². The third kappa shape index (κ3) is 2.84. The van der Waals surface area contributed by atoms with Crippen LogP contribution < -0.4 is 10.1 Å². The Balaban J connectivity index is 2.38. The Labute approximate surface area is 113 Å². The molecule has 0 saturated carbocycles. The Kier molecular flexibility index (Phi) is 4.24. The van der Waals surface area contributed by atoms with Gasteiger partial charge in [-0.2, -0.15) is 0 Å². The monoisotopic (exact) mass is 261 g/mol. The fourth-order valence-corrected chi connectivity index (χ4v) is 2.10. The highest BCUT2D eigenvalue weighted by molar-refractivity contribution is 6.32. The lowest BCUT2D eigenvalue weighted by atomic mass is 10.0. The van der Waals surface area contributed by atoms with Gasteiger partial charge < -0.3 is 10.1 Å². The van der Waals surface area contributed by atoms with Gasteiger partial charge in [0.15, 0.2) is 0 Å². The number of benzene rings is 2. The zero-order valence-corrected chi connectivity index (χ0v) is 11.3. The van der Waals surface area contributed by atoms with Crippen molar-refractivity contribution < 1.29 is 4.74 Å². The summed E-state index contributed by atoms with van der Waals surface area (Å²) >= 11 is 6.03. The summed E-state index contributed by atoms with van der Waals surface area (Å²) in [5.74, 6) is 0.702. The van der Waals surface area contributed by atoms with Crippen molar-refractivity contribution in [1.82, 2.24) is 5.32 Å². The first kappa shape index (κ1) is 12.9. The quantitative estimate of drug-likeness (QED) is 0.905. The molecule has 2 aromatic carbocycles. The van der Waals surface area contributed by atoms with Crippen LogP contribution in [0.4, 0.5) is 0 Å². The van der Waals surface area contributed by atoms with E-state index >= 15 is 0 Å². The van der Waals surface area contributed by atoms with E-state index in [1.54, 1.807) is 7.11 Å². The topological polar surface area (TPSA) is 21.3 Å². The van der Waals surface area contributed by atoms with Crippen LogP contribution in [-0.2, 0) is 6.54 Å². The second-order valence-corrected chi connectivity index (χ2v) is 4.49. The van der Waals surface area contributed by atoms with E-state index in [4.69, 9.17) is 16.3 Å². The van der Waals surface area contributed by atoms with Gasteiger partial charge in [-0.05, 0) is 41.9 Å². The molecule has 1 N–H and O–H groups in total. The van der Waals surface area contributed by atoms with Crippen LogP contribution in [0.1, 0.15) is 5.56 Å². The molecule has 0 unspecified atom stereocenters. The lowest BCUT2D eigenvalue weighted by Crippen LogP contribution is -2.04. The average molecular weight is 262 g/mol. The van der Waals surface area contributed by atoms with Crippen LogP contribution in [0.2, 0.25) is 5.02 Å². The van der Waals surface area contributed by atoms with Gasteiger partial charge in [0.2, 0.25) is 0 Å². The molecule has 0 saturated heterocycles. The van der Waals surface area contributed by atoms with Crippen molar-refractivity contribution in [2.45, 2.75) is 6.54 Å². The highest BCUT2D eigenvalue weighted by Crippen LogP contribution is 2.30. The summed E-state index contributed by atoms with van der Waals surface area (Å²) in [7, 11) is 3.57. The average Bonchev–Trinajstić information content (AvgIpc) is 2.40. The number of rotatable bonds is 4. The maximum atomic E-state index is 6.03. The first-order chi connectivity index (χ1) is 8.74. The highest BCUT2D eigenvalue weighted by atomic mass is 35.5. The second-order valence-electron chi connectivity index (χ2n) is 4.08. The molecule has 2 rings (SSSR count). The maximum Gasteiger partial charge on any atom is 0.138 e. The standard InChI is InChI=1S/C15H16ClNO/c1-17-10-11-4-3-5-12(8-11)13-6-7-14(16)15(9-13)18-2/h3-9,17H,10H2,1-2H3. The third-order valence-corrected chi connectivity index (χ3v) is 3.10. The van der Waals surface area contributed by atoms with Crippen LogP contribution in [0.3, 0.4) is 0 Å². The summed E-state index contributed by atoms with van der Waals surface area (Å²) in [6.45, 7) is 0.860. The van der Waals surface area contributed by atoms with Gasteiger partial charge in [-0.3, -0.25) is 0 Å². The maximum absolute atomic E-state index is 6.03. The fourth-order valence-electron chi connectivity index (χ4n) is 1.90. The molecule has 0 radical (unpaired) electrons. The Morgan fingerprint density at radius 3 is 2.61 bits per heavy atom. The van der Waals surface area contributed by atoms with E-state index in [2.05, 4.69) is 29.6 Å². The van der Waals surface area contributed by atoms with Gasteiger partial charge in [-0.25, -0.2) is 0 Å². The first-order valence-corrected chi connectivity index (χ1v) is 6.20. The number of hydrogen-bond acceptors (Lipinski definition) is 2. The summed E-state index contributed by atoms with van der Waals surface area (Å²) < 4.78 is 5.24. The molecule has 0 fully saturated rings. The van der Waals surface area contributed by atoms with Crippen molar-refractivity contribution in [3.63, 3.8) is 0 Å². The number of hydrogen-bond donors (Lipinski definition) is 1. The lowest BCUT2D eigenvalue weighted by molar-refractivity contribution is 0.415. The van der Waals surface area contributed by atoms with Crippen LogP contribution >= 0.6 is 11.6 Å². The predicted octanol–water partition coefficient (Wildman–Crippen LogP) is 3.74. The highest BCUT2D eigenvalue weighted by Gasteiger charge is 2.04. The van der Waals surface area contributed by atoms with Crippen LogP contribution in [0.5, 0.6) is 5.75 Å². The number of nitrogens with one attached hydrogen (secondary N) is 1. The van der Waals surface area contributed by atoms with Crippen molar-refractivity contribution in [2.75, 3.05) is 14.2 Å². The van der Waals surface area contributed by atoms with Gasteiger partial charge >= 0.3 is 0 Å². The molecule has 0 bridgehead atoms. The fraction of sp³-hybridized carbons (Fsp3) is 0.200. The molecule has 0 aliphatic heterocycles. The van der Waals surface area contributed by atoms with Gasteiger partial charge in [0.05, 0.1) is 12.1 Å². The van der Waals surface area contributed by atoms with Crippen molar-refractivity contribution >= 4 is 11.6 Å². The normalized spacial score (nSPS) is 10.4. The lowest BCUT2D eigenvalue weighted by Gasteiger charge is -2.08. The Bertz CT molecular complexity index is 540. The van der Waals surface area contributed by atoms with Crippen molar-refractivity contribution in [3.05, 3.63) is 53.1 Å². The number of halogens is 1. The molecule has 0 aliphatic rings. The van der Waals surface area contributed by atoms with Gasteiger partial charge in [0.1, 0.15) is 5.75 Å². The van der Waals surface area contributed by atoms with Gasteiger partial charge in [0.25, 0.3) is 0 Å². The van der Waals surface area contributed by atoms with E-state index in [1.807, 2.05) is 25.2 Å². The minimum Gasteiger partial charge on any atom is -0.495 e. The number of methoxy groups -OCH3 is 1. The molecule has 18 heavy (non-hydrogen) atoms. The molecule has 3 heteroatoms. The molecule has 0 aromatic heterocycles. The molecule has 0 atom stereocenters. The SMILES string of the molecule is CNCc1cccc(-c2ccc(Cl)c(OC)c2)c1. The van der Waals surface area contributed by atoms with Crippen molar-refractivity contribution in [1.29, 1.82) is 0 Å². The Morgan fingerprint density at radius 2 is 1.89 bits per heavy atom. The van der Waals surface area contributed by atoms with E-state index in [9.17, 15) is 0 Å². The first-order valence-electron chi connectivity index (χ1n) is 5.82. The van der Waals surface area contributed by atoms with Gasteiger partial charge in [-0.1, -0.05) is 35.9 Å². The van der Waals surface area contributed by atoms with E-state index in [0.717, 1.165) is 17.7 Å². The Morgan fingerprint density at radius 1 is 1.11 bits per heavy atom. The van der Waals surface area contributed by atoms with Gasteiger partial charge in [-0.15, -0.1) is 0 Å². The Hall–Kier alpha value is -1.51. The van der Waals surface area contributed by atoms with Crippen LogP contribution in [0, 0.1) is 0 Å². The summed E-state index contributed by atoms with van der Waals surface area (Å²) in [6, 6.07) is 14.2. The number of ether oxygens (including phenoxy) is 1. The summed E-state index contributed by atoms with van der Waals surface area (Å²) in [4.78, 5) is 0. The summed E-state index contributed by atoms with van der Waals surface area (Å²) in [6.07, 6.45) is 0. The molecule has 0 amide bonds. The largest absolute Gasteiger partial charge is 0.495 e. The minimum atomic E-state index is 0.632. The molecule has 2 nitrogen and oxygen atoms in total. The third-order valence-electron chi connectivity index (χ3n) is 2.79. The predicted molar refractivity (Wildman–Crippen MR) is 76.2 cm³/mol. The van der Waals surface area contributed by atoms with E-state index < -0.39 is 0 Å². The summed E-state index contributed by atoms with van der Waals surface area (Å²) in [5.41, 5.74) is 3.52. The molecule has 0 heterocycles. The summed E-state index contributed by atoms with van der Waals surface area (Å²) in [5, 5.41) is 3.78. The van der Waals surface area contributed by atoms with Crippen LogP contribution in [0.15, 0.2) is 42.5 Å². The van der Waals surface area contributed by atoms with Crippen molar-refractivity contribution in [3.8, 4) is 16.9 Å². The van der Waals surface area contributed by atoms with Crippen LogP contribution in [0.25, 0.3) is 11.1 Å². The van der Waals surface area contributed by atoms with Crippen LogP contribution in [-0.4, -0.2) is 14.2 Å². The molecule has 0 aliphatic carbocycles. The van der Waals surface area contributed by atoms with E-state index in [-0.39, 0.29) is 0 Å². The molecular weight excluding hydrogens is 246 g/mol.